The van der Waals surface area contributed by atoms with E-state index in [0.717, 1.165) is 15.6 Å². The van der Waals surface area contributed by atoms with Gasteiger partial charge in [0.15, 0.2) is 9.84 Å². The van der Waals surface area contributed by atoms with Gasteiger partial charge in [-0.15, -0.1) is 0 Å². The lowest BCUT2D eigenvalue weighted by Crippen LogP contribution is -2.30. The van der Waals surface area contributed by atoms with Crippen LogP contribution in [0.15, 0.2) is 71.7 Å². The molecule has 0 atom stereocenters. The summed E-state index contributed by atoms with van der Waals surface area (Å²) in [5.74, 6) is -1.20. The maximum absolute atomic E-state index is 12.3. The van der Waals surface area contributed by atoms with E-state index in [1.165, 1.54) is 0 Å². The molecular formula is C20H20BrN3O3S. The normalized spacial score (nSPS) is 11.3. The monoisotopic (exact) mass is 461 g/mol. The van der Waals surface area contributed by atoms with E-state index < -0.39 is 21.5 Å². The minimum Gasteiger partial charge on any atom is -0.351 e. The zero-order valence-corrected chi connectivity index (χ0v) is 17.5. The van der Waals surface area contributed by atoms with E-state index in [0.29, 0.717) is 12.1 Å². The van der Waals surface area contributed by atoms with Gasteiger partial charge in [0.05, 0.1) is 12.1 Å². The maximum atomic E-state index is 12.3. The van der Waals surface area contributed by atoms with E-state index in [9.17, 15) is 13.2 Å². The van der Waals surface area contributed by atoms with Crippen molar-refractivity contribution in [2.45, 2.75) is 18.8 Å². The lowest BCUT2D eigenvalue weighted by molar-refractivity contribution is -0.118. The smallest absolute Gasteiger partial charge is 0.235 e. The molecule has 0 aliphatic carbocycles. The lowest BCUT2D eigenvalue weighted by Gasteiger charge is -2.09. The molecule has 1 amide bonds. The zero-order valence-electron chi connectivity index (χ0n) is 15.1. The highest BCUT2D eigenvalue weighted by molar-refractivity contribution is 9.10. The lowest BCUT2D eigenvalue weighted by atomic mass is 10.1. The van der Waals surface area contributed by atoms with Crippen LogP contribution >= 0.6 is 15.9 Å². The fourth-order valence-corrected chi connectivity index (χ4v) is 4.55. The first-order chi connectivity index (χ1) is 13.4. The van der Waals surface area contributed by atoms with Crippen LogP contribution in [-0.4, -0.2) is 29.6 Å². The van der Waals surface area contributed by atoms with Crippen molar-refractivity contribution in [1.29, 1.82) is 0 Å². The van der Waals surface area contributed by atoms with Gasteiger partial charge < -0.3 is 9.88 Å². The number of nitrogens with zero attached hydrogens (tertiary/aromatic N) is 2. The number of carbonyl (C=O) groups is 1. The van der Waals surface area contributed by atoms with Crippen molar-refractivity contribution in [2.75, 3.05) is 5.75 Å². The predicted octanol–water partition coefficient (Wildman–Crippen LogP) is 2.93. The number of halogens is 1. The second-order valence-electron chi connectivity index (χ2n) is 6.49. The third-order valence-corrected chi connectivity index (χ3v) is 6.00. The number of sulfone groups is 1. The fourth-order valence-electron chi connectivity index (χ4n) is 2.81. The molecule has 3 rings (SSSR count). The van der Waals surface area contributed by atoms with Gasteiger partial charge in [0.2, 0.25) is 5.91 Å². The van der Waals surface area contributed by atoms with Crippen LogP contribution in [0.2, 0.25) is 0 Å². The van der Waals surface area contributed by atoms with E-state index in [4.69, 9.17) is 0 Å². The maximum Gasteiger partial charge on any atom is 0.235 e. The van der Waals surface area contributed by atoms with E-state index in [1.807, 2.05) is 41.1 Å². The number of aromatic nitrogens is 2. The summed E-state index contributed by atoms with van der Waals surface area (Å²) in [6, 6.07) is 14.8. The molecule has 3 aromatic rings. The molecule has 146 valence electrons. The Morgan fingerprint density at radius 3 is 2.57 bits per heavy atom. The Bertz CT molecular complexity index is 1050. The highest BCUT2D eigenvalue weighted by Gasteiger charge is 2.17. The molecule has 0 aliphatic rings. The molecule has 28 heavy (non-hydrogen) atoms. The van der Waals surface area contributed by atoms with Gasteiger partial charge in [-0.25, -0.2) is 13.4 Å². The molecule has 1 N–H and O–H groups in total. The van der Waals surface area contributed by atoms with Crippen LogP contribution < -0.4 is 5.32 Å². The average Bonchev–Trinajstić information content (AvgIpc) is 3.12. The van der Waals surface area contributed by atoms with Crippen LogP contribution in [-0.2, 0) is 33.5 Å². The second-order valence-corrected chi connectivity index (χ2v) is 9.47. The van der Waals surface area contributed by atoms with Crippen molar-refractivity contribution in [1.82, 2.24) is 14.9 Å². The topological polar surface area (TPSA) is 81.1 Å². The minimum absolute atomic E-state index is 0.166. The number of nitrogens with one attached hydrogen (secondary N) is 1. The molecule has 0 spiro atoms. The van der Waals surface area contributed by atoms with E-state index in [2.05, 4.69) is 26.2 Å². The zero-order chi connectivity index (χ0) is 20.0. The van der Waals surface area contributed by atoms with Crippen molar-refractivity contribution < 1.29 is 13.2 Å². The Kier molecular flexibility index (Phi) is 6.64. The summed E-state index contributed by atoms with van der Waals surface area (Å²) in [6.07, 6.45) is 5.34. The quantitative estimate of drug-likeness (QED) is 0.558. The number of hydrogen-bond donors (Lipinski definition) is 1. The Hall–Kier alpha value is -2.45. The Morgan fingerprint density at radius 2 is 1.82 bits per heavy atom. The van der Waals surface area contributed by atoms with Crippen LogP contribution in [0.1, 0.15) is 16.7 Å². The molecule has 0 fully saturated rings. The largest absolute Gasteiger partial charge is 0.351 e. The molecule has 1 aromatic heterocycles. The van der Waals surface area contributed by atoms with Crippen LogP contribution in [0.25, 0.3) is 0 Å². The van der Waals surface area contributed by atoms with Crippen LogP contribution in [0, 0.1) is 0 Å². The number of benzene rings is 2. The summed E-state index contributed by atoms with van der Waals surface area (Å²) < 4.78 is 27.3. The van der Waals surface area contributed by atoms with Crippen molar-refractivity contribution >= 4 is 31.7 Å². The minimum atomic E-state index is -3.54. The highest BCUT2D eigenvalue weighted by Crippen LogP contribution is 2.14. The molecule has 8 heteroatoms. The number of rotatable bonds is 8. The Balaban J connectivity index is 1.53. The van der Waals surface area contributed by atoms with Crippen LogP contribution in [0.3, 0.4) is 0 Å². The van der Waals surface area contributed by atoms with Gasteiger partial charge in [-0.1, -0.05) is 52.3 Å². The Labute approximate surface area is 172 Å². The summed E-state index contributed by atoms with van der Waals surface area (Å²) in [5.41, 5.74) is 2.64. The third-order valence-electron chi connectivity index (χ3n) is 4.03. The Morgan fingerprint density at radius 1 is 1.07 bits per heavy atom. The number of amides is 1. The van der Waals surface area contributed by atoms with Gasteiger partial charge in [-0.2, -0.15) is 0 Å². The molecule has 0 saturated heterocycles. The van der Waals surface area contributed by atoms with Gasteiger partial charge in [0, 0.05) is 30.0 Å². The van der Waals surface area contributed by atoms with Crippen LogP contribution in [0.5, 0.6) is 0 Å². The first-order valence-electron chi connectivity index (χ1n) is 8.65. The van der Waals surface area contributed by atoms with Gasteiger partial charge in [0.1, 0.15) is 5.75 Å². The molecule has 6 nitrogen and oxygen atoms in total. The van der Waals surface area contributed by atoms with Crippen molar-refractivity contribution in [3.63, 3.8) is 0 Å². The molecule has 0 aliphatic heterocycles. The third kappa shape index (κ3) is 6.31. The predicted molar refractivity (Wildman–Crippen MR) is 111 cm³/mol. The van der Waals surface area contributed by atoms with Gasteiger partial charge in [-0.3, -0.25) is 4.79 Å². The van der Waals surface area contributed by atoms with Crippen molar-refractivity contribution in [2.24, 2.45) is 0 Å². The standard InChI is InChI=1S/C20H20BrN3O3S/c21-19-6-2-5-18(10-19)13-28(26,27)14-20(25)23-11-16-3-1-4-17(9-16)12-24-8-7-22-15-24/h1-10,15H,11-14H2,(H,23,25). The molecule has 0 saturated carbocycles. The van der Waals surface area contributed by atoms with Crippen molar-refractivity contribution in [3.8, 4) is 0 Å². The fraction of sp³-hybridized carbons (Fsp3) is 0.200. The van der Waals surface area contributed by atoms with Gasteiger partial charge in [0.25, 0.3) is 0 Å². The molecule has 0 radical (unpaired) electrons. The van der Waals surface area contributed by atoms with Gasteiger partial charge in [-0.05, 0) is 28.8 Å². The summed E-state index contributed by atoms with van der Waals surface area (Å²) in [6.45, 7) is 0.964. The number of carbonyl (C=O) groups excluding carboxylic acids is 1. The van der Waals surface area contributed by atoms with Gasteiger partial charge >= 0.3 is 0 Å². The molecular weight excluding hydrogens is 442 g/mol. The van der Waals surface area contributed by atoms with E-state index >= 15 is 0 Å². The molecule has 0 bridgehead atoms. The average molecular weight is 462 g/mol. The summed E-state index contributed by atoms with van der Waals surface area (Å²) in [7, 11) is -3.54. The van der Waals surface area contributed by atoms with E-state index in [-0.39, 0.29) is 12.3 Å². The molecule has 2 aromatic carbocycles. The number of hydrogen-bond acceptors (Lipinski definition) is 4. The number of imidazole rings is 1. The summed E-state index contributed by atoms with van der Waals surface area (Å²) in [5, 5.41) is 2.69. The van der Waals surface area contributed by atoms with Crippen molar-refractivity contribution in [3.05, 3.63) is 88.4 Å². The summed E-state index contributed by atoms with van der Waals surface area (Å²) >= 11 is 3.32. The SMILES string of the molecule is O=C(CS(=O)(=O)Cc1cccc(Br)c1)NCc1cccc(Cn2ccnc2)c1. The first kappa shape index (κ1) is 20.3. The first-order valence-corrected chi connectivity index (χ1v) is 11.3. The summed E-state index contributed by atoms with van der Waals surface area (Å²) in [4.78, 5) is 16.1. The van der Waals surface area contributed by atoms with Crippen LogP contribution in [0.4, 0.5) is 0 Å². The second kappa shape index (κ2) is 9.16. The molecule has 1 heterocycles. The van der Waals surface area contributed by atoms with E-state index in [1.54, 1.807) is 30.7 Å². The molecule has 0 unspecified atom stereocenters. The highest BCUT2D eigenvalue weighted by atomic mass is 79.9.